The van der Waals surface area contributed by atoms with Crippen LogP contribution in [-0.4, -0.2) is 39.8 Å². The van der Waals surface area contributed by atoms with Gasteiger partial charge >= 0.3 is 0 Å². The van der Waals surface area contributed by atoms with E-state index in [1.54, 1.807) is 0 Å². The molecule has 2 heterocycles. The SMILES string of the molecule is Cc1nc(CNC(=O)[C@@H]2CCC(=O)N(CC3CCCCC3)C2)nc2c1CCCC2. The number of carbonyl (C=O) groups excluding carboxylic acids is 2. The number of aryl methyl sites for hydroxylation is 2. The fourth-order valence-corrected chi connectivity index (χ4v) is 5.22. The first-order valence-electron chi connectivity index (χ1n) is 11.5. The van der Waals surface area contributed by atoms with Gasteiger partial charge in [0.1, 0.15) is 5.82 Å². The number of likely N-dealkylation sites (tertiary alicyclic amines) is 1. The van der Waals surface area contributed by atoms with Gasteiger partial charge in [-0.05, 0) is 63.4 Å². The minimum absolute atomic E-state index is 0.0325. The third kappa shape index (κ3) is 4.96. The normalized spacial score (nSPS) is 23.0. The molecule has 2 fully saturated rings. The zero-order chi connectivity index (χ0) is 20.2. The van der Waals surface area contributed by atoms with E-state index in [9.17, 15) is 9.59 Å². The number of amides is 2. The summed E-state index contributed by atoms with van der Waals surface area (Å²) in [6.45, 7) is 3.81. The Morgan fingerprint density at radius 3 is 2.66 bits per heavy atom. The number of hydrogen-bond acceptors (Lipinski definition) is 4. The van der Waals surface area contributed by atoms with Crippen molar-refractivity contribution in [3.8, 4) is 0 Å². The molecule has 0 aromatic carbocycles. The maximum absolute atomic E-state index is 12.8. The van der Waals surface area contributed by atoms with Crippen molar-refractivity contribution in [2.75, 3.05) is 13.1 Å². The molecule has 2 amide bonds. The number of nitrogens with one attached hydrogen (secondary N) is 1. The Kier molecular flexibility index (Phi) is 6.46. The molecule has 1 aromatic heterocycles. The number of hydrogen-bond donors (Lipinski definition) is 1. The predicted molar refractivity (Wildman–Crippen MR) is 111 cm³/mol. The summed E-state index contributed by atoms with van der Waals surface area (Å²) in [6.07, 6.45) is 11.9. The average Bonchev–Trinajstić information content (AvgIpc) is 2.74. The van der Waals surface area contributed by atoms with E-state index in [1.165, 1.54) is 50.5 Å². The summed E-state index contributed by atoms with van der Waals surface area (Å²) >= 11 is 0. The van der Waals surface area contributed by atoms with Gasteiger partial charge in [0, 0.05) is 30.9 Å². The molecule has 2 aliphatic carbocycles. The Morgan fingerprint density at radius 1 is 1.03 bits per heavy atom. The van der Waals surface area contributed by atoms with E-state index in [4.69, 9.17) is 4.98 Å². The van der Waals surface area contributed by atoms with Crippen LogP contribution in [0.1, 0.15) is 80.6 Å². The van der Waals surface area contributed by atoms with Crippen molar-refractivity contribution in [1.82, 2.24) is 20.2 Å². The fraction of sp³-hybridized carbons (Fsp3) is 0.739. The maximum Gasteiger partial charge on any atom is 0.225 e. The molecule has 1 aromatic rings. The van der Waals surface area contributed by atoms with Crippen LogP contribution in [0.4, 0.5) is 0 Å². The highest BCUT2D eigenvalue weighted by Gasteiger charge is 2.31. The number of rotatable bonds is 5. The van der Waals surface area contributed by atoms with Crippen molar-refractivity contribution in [2.45, 2.75) is 84.1 Å². The van der Waals surface area contributed by atoms with E-state index in [1.807, 2.05) is 11.8 Å². The molecule has 1 aliphatic heterocycles. The second kappa shape index (κ2) is 9.23. The molecule has 0 spiro atoms. The van der Waals surface area contributed by atoms with Crippen molar-refractivity contribution in [3.63, 3.8) is 0 Å². The molecule has 29 heavy (non-hydrogen) atoms. The summed E-state index contributed by atoms with van der Waals surface area (Å²) in [5, 5.41) is 3.04. The van der Waals surface area contributed by atoms with Gasteiger partial charge in [-0.15, -0.1) is 0 Å². The topological polar surface area (TPSA) is 75.2 Å². The molecule has 1 saturated carbocycles. The maximum atomic E-state index is 12.8. The van der Waals surface area contributed by atoms with E-state index in [-0.39, 0.29) is 17.7 Å². The van der Waals surface area contributed by atoms with Crippen LogP contribution in [0.5, 0.6) is 0 Å². The summed E-state index contributed by atoms with van der Waals surface area (Å²) in [5.74, 6) is 1.46. The van der Waals surface area contributed by atoms with Gasteiger partial charge in [0.05, 0.1) is 12.5 Å². The van der Waals surface area contributed by atoms with E-state index < -0.39 is 0 Å². The molecule has 0 bridgehead atoms. The largest absolute Gasteiger partial charge is 0.349 e. The van der Waals surface area contributed by atoms with Gasteiger partial charge in [-0.25, -0.2) is 9.97 Å². The minimum atomic E-state index is -0.116. The standard InChI is InChI=1S/C23H34N4O2/c1-16-19-9-5-6-10-20(19)26-21(25-16)13-24-23(29)18-11-12-22(28)27(15-18)14-17-7-3-2-4-8-17/h17-18H,2-15H2,1H3,(H,24,29)/t18-/m1/s1. The van der Waals surface area contributed by atoms with Crippen LogP contribution in [0.15, 0.2) is 0 Å². The fourth-order valence-electron chi connectivity index (χ4n) is 5.22. The van der Waals surface area contributed by atoms with Crippen molar-refractivity contribution >= 4 is 11.8 Å². The monoisotopic (exact) mass is 398 g/mol. The second-order valence-corrected chi connectivity index (χ2v) is 9.11. The second-order valence-electron chi connectivity index (χ2n) is 9.11. The predicted octanol–water partition coefficient (Wildman–Crippen LogP) is 3.10. The average molecular weight is 399 g/mol. The Hall–Kier alpha value is -1.98. The number of carbonyl (C=O) groups is 2. The van der Waals surface area contributed by atoms with E-state index >= 15 is 0 Å². The lowest BCUT2D eigenvalue weighted by molar-refractivity contribution is -0.139. The molecule has 158 valence electrons. The zero-order valence-electron chi connectivity index (χ0n) is 17.7. The Balaban J connectivity index is 1.32. The highest BCUT2D eigenvalue weighted by molar-refractivity contribution is 5.83. The molecule has 3 aliphatic rings. The van der Waals surface area contributed by atoms with Crippen LogP contribution >= 0.6 is 0 Å². The lowest BCUT2D eigenvalue weighted by atomic mass is 9.87. The zero-order valence-corrected chi connectivity index (χ0v) is 17.7. The quantitative estimate of drug-likeness (QED) is 0.827. The summed E-state index contributed by atoms with van der Waals surface area (Å²) in [5.41, 5.74) is 3.52. The number of aromatic nitrogens is 2. The molecule has 0 radical (unpaired) electrons. The van der Waals surface area contributed by atoms with Crippen LogP contribution in [0.2, 0.25) is 0 Å². The third-order valence-corrected chi connectivity index (χ3v) is 6.93. The smallest absolute Gasteiger partial charge is 0.225 e. The first-order valence-corrected chi connectivity index (χ1v) is 11.5. The van der Waals surface area contributed by atoms with Crippen molar-refractivity contribution in [2.24, 2.45) is 11.8 Å². The van der Waals surface area contributed by atoms with E-state index in [0.29, 0.717) is 37.7 Å². The lowest BCUT2D eigenvalue weighted by Crippen LogP contribution is -2.47. The van der Waals surface area contributed by atoms with Crippen molar-refractivity contribution in [1.29, 1.82) is 0 Å². The van der Waals surface area contributed by atoms with Crippen LogP contribution in [0.3, 0.4) is 0 Å². The molecule has 4 rings (SSSR count). The van der Waals surface area contributed by atoms with Crippen LogP contribution in [0.25, 0.3) is 0 Å². The Bertz CT molecular complexity index is 757. The molecule has 1 saturated heterocycles. The summed E-state index contributed by atoms with van der Waals surface area (Å²) in [7, 11) is 0. The highest BCUT2D eigenvalue weighted by Crippen LogP contribution is 2.27. The molecule has 0 unspecified atom stereocenters. The number of fused-ring (bicyclic) bond motifs is 1. The van der Waals surface area contributed by atoms with Crippen molar-refractivity contribution in [3.05, 3.63) is 22.8 Å². The summed E-state index contributed by atoms with van der Waals surface area (Å²) in [6, 6.07) is 0. The minimum Gasteiger partial charge on any atom is -0.349 e. The molecular weight excluding hydrogens is 364 g/mol. The highest BCUT2D eigenvalue weighted by atomic mass is 16.2. The van der Waals surface area contributed by atoms with E-state index in [0.717, 1.165) is 30.8 Å². The first kappa shape index (κ1) is 20.3. The lowest BCUT2D eigenvalue weighted by Gasteiger charge is -2.35. The van der Waals surface area contributed by atoms with Gasteiger partial charge in [0.2, 0.25) is 11.8 Å². The van der Waals surface area contributed by atoms with Gasteiger partial charge in [-0.1, -0.05) is 19.3 Å². The molecule has 6 nitrogen and oxygen atoms in total. The van der Waals surface area contributed by atoms with Crippen LogP contribution in [-0.2, 0) is 29.0 Å². The van der Waals surface area contributed by atoms with Gasteiger partial charge < -0.3 is 10.2 Å². The van der Waals surface area contributed by atoms with Gasteiger partial charge in [0.15, 0.2) is 0 Å². The molecule has 1 atom stereocenters. The first-order chi connectivity index (χ1) is 14.1. The van der Waals surface area contributed by atoms with Crippen molar-refractivity contribution < 1.29 is 9.59 Å². The Labute approximate surface area is 173 Å². The van der Waals surface area contributed by atoms with Gasteiger partial charge in [0.25, 0.3) is 0 Å². The molecule has 6 heteroatoms. The van der Waals surface area contributed by atoms with Gasteiger partial charge in [-0.3, -0.25) is 9.59 Å². The van der Waals surface area contributed by atoms with Gasteiger partial charge in [-0.2, -0.15) is 0 Å². The number of piperidine rings is 1. The third-order valence-electron chi connectivity index (χ3n) is 6.93. The molecule has 1 N–H and O–H groups in total. The summed E-state index contributed by atoms with van der Waals surface area (Å²) < 4.78 is 0. The molecular formula is C23H34N4O2. The Morgan fingerprint density at radius 2 is 1.83 bits per heavy atom. The van der Waals surface area contributed by atoms with Crippen LogP contribution < -0.4 is 5.32 Å². The summed E-state index contributed by atoms with van der Waals surface area (Å²) in [4.78, 5) is 36.4. The van der Waals surface area contributed by atoms with E-state index in [2.05, 4.69) is 10.3 Å². The number of nitrogens with zero attached hydrogens (tertiary/aromatic N) is 3. The van der Waals surface area contributed by atoms with Crippen LogP contribution in [0, 0.1) is 18.8 Å².